The van der Waals surface area contributed by atoms with E-state index in [9.17, 15) is 9.59 Å². The number of carbonyl (C=O) groups is 2. The van der Waals surface area contributed by atoms with Crippen molar-refractivity contribution in [2.24, 2.45) is 0 Å². The monoisotopic (exact) mass is 433 g/mol. The van der Waals surface area contributed by atoms with Crippen LogP contribution in [0.5, 0.6) is 0 Å². The van der Waals surface area contributed by atoms with Gasteiger partial charge in [0.05, 0.1) is 11.1 Å². The van der Waals surface area contributed by atoms with E-state index in [0.717, 1.165) is 10.9 Å². The molecule has 0 radical (unpaired) electrons. The molecule has 1 unspecified atom stereocenters. The van der Waals surface area contributed by atoms with E-state index in [-0.39, 0.29) is 17.7 Å². The van der Waals surface area contributed by atoms with E-state index in [2.05, 4.69) is 59.3 Å². The van der Waals surface area contributed by atoms with Gasteiger partial charge in [0.1, 0.15) is 0 Å². The van der Waals surface area contributed by atoms with Gasteiger partial charge in [-0.25, -0.2) is 0 Å². The number of benzene rings is 3. The molecule has 0 aromatic heterocycles. The molecule has 3 aromatic rings. The van der Waals surface area contributed by atoms with Crippen molar-refractivity contribution in [2.75, 3.05) is 6.54 Å². The highest BCUT2D eigenvalue weighted by Crippen LogP contribution is 2.28. The van der Waals surface area contributed by atoms with Crippen LogP contribution >= 0.6 is 15.9 Å². The molecule has 2 amide bonds. The average Bonchev–Trinajstić information content (AvgIpc) is 2.97. The van der Waals surface area contributed by atoms with Crippen LogP contribution in [-0.4, -0.2) is 23.3 Å². The topological polar surface area (TPSA) is 37.4 Å². The number of carbonyl (C=O) groups excluding carboxylic acids is 2. The van der Waals surface area contributed by atoms with Crippen molar-refractivity contribution in [3.8, 4) is 11.1 Å². The summed E-state index contributed by atoms with van der Waals surface area (Å²) in [6.07, 6.45) is 0.739. The third kappa shape index (κ3) is 3.52. The number of fused-ring (bicyclic) bond motifs is 1. The summed E-state index contributed by atoms with van der Waals surface area (Å²) in [4.78, 5) is 26.3. The Morgan fingerprint density at radius 2 is 1.29 bits per heavy atom. The minimum atomic E-state index is -0.182. The molecule has 4 heteroatoms. The summed E-state index contributed by atoms with van der Waals surface area (Å²) in [5.41, 5.74) is 4.58. The summed E-state index contributed by atoms with van der Waals surface area (Å²) >= 11 is 3.46. The fourth-order valence-electron chi connectivity index (χ4n) is 3.58. The van der Waals surface area contributed by atoms with Gasteiger partial charge in [0.25, 0.3) is 11.8 Å². The maximum atomic E-state index is 12.5. The molecular weight excluding hydrogens is 414 g/mol. The Bertz CT molecular complexity index is 990. The van der Waals surface area contributed by atoms with Gasteiger partial charge < -0.3 is 0 Å². The first-order valence-electron chi connectivity index (χ1n) is 9.36. The van der Waals surface area contributed by atoms with Crippen LogP contribution in [0.3, 0.4) is 0 Å². The standard InChI is InChI=1S/C24H20BrNO2/c1-16(14-15-26-23(27)21-4-2-3-5-22(21)24(26)28)17-6-8-18(9-7-17)19-10-12-20(25)13-11-19/h2-13,16H,14-15H2,1H3. The van der Waals surface area contributed by atoms with Gasteiger partial charge >= 0.3 is 0 Å². The zero-order chi connectivity index (χ0) is 19.7. The van der Waals surface area contributed by atoms with Crippen LogP contribution < -0.4 is 0 Å². The lowest BCUT2D eigenvalue weighted by Gasteiger charge is -2.18. The zero-order valence-corrected chi connectivity index (χ0v) is 17.1. The molecule has 0 fully saturated rings. The van der Waals surface area contributed by atoms with E-state index in [1.165, 1.54) is 21.6 Å². The summed E-state index contributed by atoms with van der Waals surface area (Å²) in [5, 5.41) is 0. The van der Waals surface area contributed by atoms with Gasteiger partial charge in [-0.1, -0.05) is 71.4 Å². The minimum Gasteiger partial charge on any atom is -0.274 e. The Morgan fingerprint density at radius 1 is 0.786 bits per heavy atom. The van der Waals surface area contributed by atoms with E-state index < -0.39 is 0 Å². The fourth-order valence-corrected chi connectivity index (χ4v) is 3.84. The summed E-state index contributed by atoms with van der Waals surface area (Å²) < 4.78 is 1.06. The second-order valence-corrected chi connectivity index (χ2v) is 8.04. The molecule has 140 valence electrons. The fraction of sp³-hybridized carbons (Fsp3) is 0.167. The molecule has 0 saturated carbocycles. The van der Waals surface area contributed by atoms with Crippen LogP contribution in [0.1, 0.15) is 45.5 Å². The predicted molar refractivity (Wildman–Crippen MR) is 114 cm³/mol. The summed E-state index contributed by atoms with van der Waals surface area (Å²) in [6, 6.07) is 23.8. The van der Waals surface area contributed by atoms with Gasteiger partial charge in [-0.2, -0.15) is 0 Å². The molecule has 1 atom stereocenters. The number of nitrogens with zero attached hydrogens (tertiary/aromatic N) is 1. The first kappa shape index (κ1) is 18.6. The smallest absolute Gasteiger partial charge is 0.261 e. The summed E-state index contributed by atoms with van der Waals surface area (Å²) in [5.74, 6) is -0.111. The molecule has 0 spiro atoms. The molecular formula is C24H20BrNO2. The van der Waals surface area contributed by atoms with Crippen molar-refractivity contribution in [3.63, 3.8) is 0 Å². The largest absolute Gasteiger partial charge is 0.274 e. The van der Waals surface area contributed by atoms with Crippen LogP contribution in [0.4, 0.5) is 0 Å². The number of rotatable bonds is 5. The minimum absolute atomic E-state index is 0.182. The van der Waals surface area contributed by atoms with Crippen molar-refractivity contribution in [1.82, 2.24) is 4.90 Å². The lowest BCUT2D eigenvalue weighted by Crippen LogP contribution is -2.31. The van der Waals surface area contributed by atoms with E-state index >= 15 is 0 Å². The number of amides is 2. The van der Waals surface area contributed by atoms with Gasteiger partial charge in [0.15, 0.2) is 0 Å². The van der Waals surface area contributed by atoms with Crippen LogP contribution in [0.15, 0.2) is 77.3 Å². The molecule has 1 heterocycles. The van der Waals surface area contributed by atoms with Gasteiger partial charge in [-0.05, 0) is 53.3 Å². The van der Waals surface area contributed by atoms with Crippen LogP contribution in [0, 0.1) is 0 Å². The maximum absolute atomic E-state index is 12.5. The number of hydrogen-bond donors (Lipinski definition) is 0. The highest BCUT2D eigenvalue weighted by atomic mass is 79.9. The Morgan fingerprint density at radius 3 is 1.82 bits per heavy atom. The first-order chi connectivity index (χ1) is 13.5. The van der Waals surface area contributed by atoms with Gasteiger partial charge in [0, 0.05) is 11.0 Å². The second kappa shape index (κ2) is 7.72. The van der Waals surface area contributed by atoms with Crippen LogP contribution in [0.2, 0.25) is 0 Å². The molecule has 1 aliphatic rings. The van der Waals surface area contributed by atoms with Gasteiger partial charge in [-0.3, -0.25) is 14.5 Å². The van der Waals surface area contributed by atoms with Crippen molar-refractivity contribution >= 4 is 27.7 Å². The number of halogens is 1. The average molecular weight is 434 g/mol. The lowest BCUT2D eigenvalue weighted by molar-refractivity contribution is 0.0650. The van der Waals surface area contributed by atoms with E-state index in [1.807, 2.05) is 12.1 Å². The van der Waals surface area contributed by atoms with E-state index in [1.54, 1.807) is 24.3 Å². The molecule has 0 saturated heterocycles. The zero-order valence-electron chi connectivity index (χ0n) is 15.6. The molecule has 0 N–H and O–H groups in total. The van der Waals surface area contributed by atoms with Crippen molar-refractivity contribution in [1.29, 1.82) is 0 Å². The highest BCUT2D eigenvalue weighted by molar-refractivity contribution is 9.10. The predicted octanol–water partition coefficient (Wildman–Crippen LogP) is 5.91. The summed E-state index contributed by atoms with van der Waals surface area (Å²) in [6.45, 7) is 2.56. The van der Waals surface area contributed by atoms with Gasteiger partial charge in [0.2, 0.25) is 0 Å². The Balaban J connectivity index is 1.42. The number of imide groups is 1. The van der Waals surface area contributed by atoms with Crippen LogP contribution in [0.25, 0.3) is 11.1 Å². The molecule has 3 nitrogen and oxygen atoms in total. The maximum Gasteiger partial charge on any atom is 0.261 e. The first-order valence-corrected chi connectivity index (χ1v) is 10.1. The Labute approximate surface area is 173 Å². The number of hydrogen-bond acceptors (Lipinski definition) is 2. The molecule has 1 aliphatic heterocycles. The molecule has 0 bridgehead atoms. The quantitative estimate of drug-likeness (QED) is 0.469. The normalized spacial score (nSPS) is 14.3. The Hall–Kier alpha value is -2.72. The third-order valence-corrected chi connectivity index (χ3v) is 5.85. The van der Waals surface area contributed by atoms with E-state index in [4.69, 9.17) is 0 Å². The second-order valence-electron chi connectivity index (χ2n) is 7.13. The SMILES string of the molecule is CC(CCN1C(=O)c2ccccc2C1=O)c1ccc(-c2ccc(Br)cc2)cc1. The van der Waals surface area contributed by atoms with Crippen molar-refractivity contribution < 1.29 is 9.59 Å². The van der Waals surface area contributed by atoms with Gasteiger partial charge in [-0.15, -0.1) is 0 Å². The molecule has 3 aromatic carbocycles. The Kier molecular flexibility index (Phi) is 5.14. The molecule has 0 aliphatic carbocycles. The molecule has 28 heavy (non-hydrogen) atoms. The van der Waals surface area contributed by atoms with E-state index in [0.29, 0.717) is 17.7 Å². The lowest BCUT2D eigenvalue weighted by atomic mass is 9.95. The van der Waals surface area contributed by atoms with Crippen LogP contribution in [-0.2, 0) is 0 Å². The van der Waals surface area contributed by atoms with Crippen molar-refractivity contribution in [3.05, 3.63) is 94.0 Å². The molecule has 4 rings (SSSR count). The third-order valence-electron chi connectivity index (χ3n) is 5.32. The summed E-state index contributed by atoms with van der Waals surface area (Å²) in [7, 11) is 0. The van der Waals surface area contributed by atoms with Crippen molar-refractivity contribution in [2.45, 2.75) is 19.3 Å². The highest BCUT2D eigenvalue weighted by Gasteiger charge is 2.34.